The Hall–Kier alpha value is -1.60. The minimum Gasteiger partial charge on any atom is -0.370 e. The molecule has 1 aliphatic rings. The highest BCUT2D eigenvalue weighted by atomic mass is 16.6. The normalized spacial score (nSPS) is 21.8. The predicted octanol–water partition coefficient (Wildman–Crippen LogP) is 7.73. The van der Waals surface area contributed by atoms with Gasteiger partial charge in [-0.05, 0) is 54.6 Å². The van der Waals surface area contributed by atoms with Crippen molar-refractivity contribution in [3.05, 3.63) is 71.8 Å². The van der Waals surface area contributed by atoms with Gasteiger partial charge < -0.3 is 4.74 Å². The van der Waals surface area contributed by atoms with Gasteiger partial charge in [0.2, 0.25) is 0 Å². The molecule has 0 aliphatic carbocycles. The van der Waals surface area contributed by atoms with Crippen LogP contribution in [0.4, 0.5) is 0 Å². The van der Waals surface area contributed by atoms with Gasteiger partial charge >= 0.3 is 0 Å². The van der Waals surface area contributed by atoms with E-state index >= 15 is 0 Å². The molecule has 0 aromatic heterocycles. The van der Waals surface area contributed by atoms with Gasteiger partial charge in [0.25, 0.3) is 0 Å². The van der Waals surface area contributed by atoms with Crippen molar-refractivity contribution in [2.75, 3.05) is 0 Å². The fourth-order valence-electron chi connectivity index (χ4n) is 4.48. The molecule has 1 heterocycles. The maximum atomic E-state index is 6.01. The van der Waals surface area contributed by atoms with Crippen LogP contribution in [0.2, 0.25) is 0 Å². The van der Waals surface area contributed by atoms with Gasteiger partial charge in [-0.25, -0.2) is 0 Å². The zero-order valence-corrected chi connectivity index (χ0v) is 18.0. The number of epoxide rings is 1. The summed E-state index contributed by atoms with van der Waals surface area (Å²) in [5, 5.41) is 0. The monoisotopic (exact) mass is 378 g/mol. The Balaban J connectivity index is 1.29. The molecule has 1 nitrogen and oxygen atoms in total. The molecule has 0 radical (unpaired) electrons. The SMILES string of the molecule is CCC(CC1OC1CCCC(C)CCC(C)c1ccccc1)c1ccccc1. The molecule has 1 heteroatoms. The van der Waals surface area contributed by atoms with E-state index in [2.05, 4.69) is 81.4 Å². The third-order valence-electron chi connectivity index (χ3n) is 6.61. The van der Waals surface area contributed by atoms with Gasteiger partial charge in [0, 0.05) is 0 Å². The number of ether oxygens (including phenoxy) is 1. The van der Waals surface area contributed by atoms with Crippen LogP contribution < -0.4 is 0 Å². The average Bonchev–Trinajstić information content (AvgIpc) is 3.49. The van der Waals surface area contributed by atoms with Crippen LogP contribution in [0.25, 0.3) is 0 Å². The summed E-state index contributed by atoms with van der Waals surface area (Å²) in [6.07, 6.45) is 9.93. The molecule has 2 aromatic rings. The number of hydrogen-bond acceptors (Lipinski definition) is 1. The summed E-state index contributed by atoms with van der Waals surface area (Å²) < 4.78 is 6.01. The quantitative estimate of drug-likeness (QED) is 0.344. The van der Waals surface area contributed by atoms with Gasteiger partial charge in [0.15, 0.2) is 0 Å². The molecule has 3 rings (SSSR count). The lowest BCUT2D eigenvalue weighted by Crippen LogP contribution is -2.05. The summed E-state index contributed by atoms with van der Waals surface area (Å²) in [5.41, 5.74) is 2.95. The summed E-state index contributed by atoms with van der Waals surface area (Å²) in [7, 11) is 0. The molecule has 28 heavy (non-hydrogen) atoms. The van der Waals surface area contributed by atoms with Crippen LogP contribution in [0.15, 0.2) is 60.7 Å². The number of hydrogen-bond donors (Lipinski definition) is 0. The lowest BCUT2D eigenvalue weighted by molar-refractivity contribution is 0.337. The Bertz CT molecular complexity index is 665. The number of rotatable bonds is 12. The molecule has 5 atom stereocenters. The molecule has 0 spiro atoms. The van der Waals surface area contributed by atoms with E-state index in [9.17, 15) is 0 Å². The van der Waals surface area contributed by atoms with Crippen LogP contribution >= 0.6 is 0 Å². The molecule has 0 N–H and O–H groups in total. The Kier molecular flexibility index (Phi) is 8.15. The smallest absolute Gasteiger partial charge is 0.0847 e. The van der Waals surface area contributed by atoms with Crippen LogP contribution in [0.3, 0.4) is 0 Å². The zero-order chi connectivity index (χ0) is 19.8. The number of benzene rings is 2. The second kappa shape index (κ2) is 10.8. The van der Waals surface area contributed by atoms with E-state index in [1.807, 2.05) is 0 Å². The van der Waals surface area contributed by atoms with Crippen LogP contribution in [0.5, 0.6) is 0 Å². The molecule has 1 fully saturated rings. The van der Waals surface area contributed by atoms with Crippen LogP contribution in [0, 0.1) is 5.92 Å². The lowest BCUT2D eigenvalue weighted by Gasteiger charge is -2.16. The molecule has 5 unspecified atom stereocenters. The van der Waals surface area contributed by atoms with Gasteiger partial charge in [-0.15, -0.1) is 0 Å². The van der Waals surface area contributed by atoms with E-state index < -0.39 is 0 Å². The first-order chi connectivity index (χ1) is 13.7. The van der Waals surface area contributed by atoms with E-state index in [4.69, 9.17) is 4.74 Å². The van der Waals surface area contributed by atoms with Crippen molar-refractivity contribution in [3.63, 3.8) is 0 Å². The summed E-state index contributed by atoms with van der Waals surface area (Å²) in [5.74, 6) is 2.13. The van der Waals surface area contributed by atoms with Crippen molar-refractivity contribution in [2.24, 2.45) is 5.92 Å². The summed E-state index contributed by atoms with van der Waals surface area (Å²) in [6, 6.07) is 21.9. The summed E-state index contributed by atoms with van der Waals surface area (Å²) in [6.45, 7) is 7.08. The van der Waals surface area contributed by atoms with Crippen molar-refractivity contribution < 1.29 is 4.74 Å². The zero-order valence-electron chi connectivity index (χ0n) is 18.0. The third-order valence-corrected chi connectivity index (χ3v) is 6.61. The highest BCUT2D eigenvalue weighted by molar-refractivity contribution is 5.20. The van der Waals surface area contributed by atoms with Crippen molar-refractivity contribution in [3.8, 4) is 0 Å². The minimum absolute atomic E-state index is 0.499. The molecule has 1 saturated heterocycles. The first-order valence-corrected chi connectivity index (χ1v) is 11.4. The molecule has 0 bridgehead atoms. The lowest BCUT2D eigenvalue weighted by atomic mass is 9.89. The summed E-state index contributed by atoms with van der Waals surface area (Å²) >= 11 is 0. The Morgan fingerprint density at radius 1 is 0.786 bits per heavy atom. The topological polar surface area (TPSA) is 12.5 Å². The first-order valence-electron chi connectivity index (χ1n) is 11.4. The van der Waals surface area contributed by atoms with Crippen molar-refractivity contribution >= 4 is 0 Å². The van der Waals surface area contributed by atoms with Crippen LogP contribution in [-0.2, 0) is 4.74 Å². The van der Waals surface area contributed by atoms with E-state index in [-0.39, 0.29) is 0 Å². The Labute approximate surface area is 172 Å². The van der Waals surface area contributed by atoms with Crippen LogP contribution in [0.1, 0.15) is 88.7 Å². The van der Waals surface area contributed by atoms with Crippen molar-refractivity contribution in [1.29, 1.82) is 0 Å². The molecule has 0 amide bonds. The van der Waals surface area contributed by atoms with Gasteiger partial charge in [0.1, 0.15) is 0 Å². The second-order valence-electron chi connectivity index (χ2n) is 8.89. The third kappa shape index (κ3) is 6.48. The van der Waals surface area contributed by atoms with Gasteiger partial charge in [-0.3, -0.25) is 0 Å². The fourth-order valence-corrected chi connectivity index (χ4v) is 4.48. The van der Waals surface area contributed by atoms with Gasteiger partial charge in [-0.1, -0.05) is 101 Å². The van der Waals surface area contributed by atoms with E-state index in [1.165, 1.54) is 56.1 Å². The van der Waals surface area contributed by atoms with E-state index in [1.54, 1.807) is 0 Å². The highest BCUT2D eigenvalue weighted by Gasteiger charge is 2.39. The fraction of sp³-hybridized carbons (Fsp3) is 0.556. The Morgan fingerprint density at radius 3 is 2.07 bits per heavy atom. The Morgan fingerprint density at radius 2 is 1.43 bits per heavy atom. The standard InChI is InChI=1S/C27H38O/c1-4-23(25-15-9-6-10-16-25)20-27-26(28-27)17-11-12-21(2)18-19-22(3)24-13-7-5-8-14-24/h5-10,13-16,21-23,26-27H,4,11-12,17-20H2,1-3H3. The van der Waals surface area contributed by atoms with Gasteiger partial charge in [-0.2, -0.15) is 0 Å². The molecule has 0 saturated carbocycles. The molecule has 152 valence electrons. The molecule has 2 aromatic carbocycles. The van der Waals surface area contributed by atoms with E-state index in [0.717, 1.165) is 5.92 Å². The second-order valence-corrected chi connectivity index (χ2v) is 8.89. The minimum atomic E-state index is 0.499. The molecule has 1 aliphatic heterocycles. The average molecular weight is 379 g/mol. The summed E-state index contributed by atoms with van der Waals surface area (Å²) in [4.78, 5) is 0. The molecular weight excluding hydrogens is 340 g/mol. The van der Waals surface area contributed by atoms with Crippen molar-refractivity contribution in [2.45, 2.75) is 89.8 Å². The van der Waals surface area contributed by atoms with Crippen molar-refractivity contribution in [1.82, 2.24) is 0 Å². The highest BCUT2D eigenvalue weighted by Crippen LogP contribution is 2.37. The van der Waals surface area contributed by atoms with E-state index in [0.29, 0.717) is 24.0 Å². The molecular formula is C27H38O. The maximum Gasteiger partial charge on any atom is 0.0847 e. The van der Waals surface area contributed by atoms with Gasteiger partial charge in [0.05, 0.1) is 12.2 Å². The predicted molar refractivity (Wildman–Crippen MR) is 120 cm³/mol. The largest absolute Gasteiger partial charge is 0.370 e. The maximum absolute atomic E-state index is 6.01. The van der Waals surface area contributed by atoms with Crippen LogP contribution in [-0.4, -0.2) is 12.2 Å². The first kappa shape index (κ1) is 21.1.